The molecule has 1 aromatic rings. The Morgan fingerprint density at radius 1 is 1.38 bits per heavy atom. The molecule has 0 saturated carbocycles. The highest BCUT2D eigenvalue weighted by atomic mass is 35.5. The van der Waals surface area contributed by atoms with Gasteiger partial charge in [-0.1, -0.05) is 35.5 Å². The van der Waals surface area contributed by atoms with Gasteiger partial charge in [0.15, 0.2) is 5.17 Å². The molecule has 2 nitrogen and oxygen atoms in total. The summed E-state index contributed by atoms with van der Waals surface area (Å²) in [5.74, 6) is 0. The first-order chi connectivity index (χ1) is 7.79. The number of rotatable bonds is 2. The molecule has 0 atom stereocenters. The van der Waals surface area contributed by atoms with Crippen LogP contribution in [0.3, 0.4) is 0 Å². The quantitative estimate of drug-likeness (QED) is 0.802. The predicted molar refractivity (Wildman–Crippen MR) is 72.0 cm³/mol. The summed E-state index contributed by atoms with van der Waals surface area (Å²) in [4.78, 5) is 6.59. The molecule has 0 radical (unpaired) electrons. The largest absolute Gasteiger partial charge is 0.343 e. The number of aliphatic imine (C=N–C) groups is 1. The lowest BCUT2D eigenvalue weighted by Gasteiger charge is -2.25. The summed E-state index contributed by atoms with van der Waals surface area (Å²) < 4.78 is 0. The van der Waals surface area contributed by atoms with E-state index in [1.807, 2.05) is 24.6 Å². The summed E-state index contributed by atoms with van der Waals surface area (Å²) >= 11 is 7.53. The molecule has 0 unspecified atom stereocenters. The van der Waals surface area contributed by atoms with Crippen molar-refractivity contribution in [3.8, 4) is 0 Å². The molecule has 16 heavy (non-hydrogen) atoms. The topological polar surface area (TPSA) is 15.6 Å². The first-order valence-electron chi connectivity index (χ1n) is 5.06. The summed E-state index contributed by atoms with van der Waals surface area (Å²) in [6.07, 6.45) is 5.98. The van der Waals surface area contributed by atoms with E-state index in [2.05, 4.69) is 28.1 Å². The Balaban J connectivity index is 2.07. The summed E-state index contributed by atoms with van der Waals surface area (Å²) in [6.45, 7) is 1.80. The Labute approximate surface area is 105 Å². The summed E-state index contributed by atoms with van der Waals surface area (Å²) in [5.41, 5.74) is 1.25. The van der Waals surface area contributed by atoms with Crippen molar-refractivity contribution in [2.45, 2.75) is 6.54 Å². The van der Waals surface area contributed by atoms with E-state index in [0.29, 0.717) is 0 Å². The zero-order chi connectivity index (χ0) is 11.4. The van der Waals surface area contributed by atoms with Gasteiger partial charge in [0.25, 0.3) is 0 Å². The van der Waals surface area contributed by atoms with Crippen LogP contribution in [-0.4, -0.2) is 22.9 Å². The summed E-state index contributed by atoms with van der Waals surface area (Å²) in [7, 11) is 0. The van der Waals surface area contributed by atoms with Crippen LogP contribution in [0.1, 0.15) is 5.56 Å². The van der Waals surface area contributed by atoms with Gasteiger partial charge in [-0.2, -0.15) is 0 Å². The van der Waals surface area contributed by atoms with E-state index in [-0.39, 0.29) is 0 Å². The van der Waals surface area contributed by atoms with Crippen molar-refractivity contribution in [2.75, 3.05) is 12.8 Å². The lowest BCUT2D eigenvalue weighted by molar-refractivity contribution is 0.460. The lowest BCUT2D eigenvalue weighted by atomic mass is 10.2. The predicted octanol–water partition coefficient (Wildman–Crippen LogP) is 3.39. The monoisotopic (exact) mass is 252 g/mol. The fourth-order valence-corrected chi connectivity index (χ4v) is 2.26. The maximum Gasteiger partial charge on any atom is 0.164 e. The molecule has 84 valence electrons. The molecule has 4 heteroatoms. The Bertz CT molecular complexity index is 412. The average Bonchev–Trinajstić information content (AvgIpc) is 2.33. The number of amidine groups is 1. The van der Waals surface area contributed by atoms with Gasteiger partial charge < -0.3 is 4.90 Å². The van der Waals surface area contributed by atoms with E-state index >= 15 is 0 Å². The van der Waals surface area contributed by atoms with Gasteiger partial charge in [-0.25, -0.2) is 4.99 Å². The van der Waals surface area contributed by atoms with Gasteiger partial charge in [-0.3, -0.25) is 0 Å². The van der Waals surface area contributed by atoms with Crippen LogP contribution < -0.4 is 0 Å². The molecule has 0 saturated heterocycles. The fraction of sp³-hybridized carbons (Fsp3) is 0.250. The van der Waals surface area contributed by atoms with Crippen LogP contribution in [0, 0.1) is 0 Å². The maximum absolute atomic E-state index is 5.86. The SMILES string of the molecule is CSC1=NC=CCN1Cc1ccc(Cl)cc1. The fourth-order valence-electron chi connectivity index (χ4n) is 1.57. The van der Waals surface area contributed by atoms with Gasteiger partial charge in [-0.15, -0.1) is 0 Å². The zero-order valence-corrected chi connectivity index (χ0v) is 10.6. The molecular formula is C12H13ClN2S. The number of benzene rings is 1. The highest BCUT2D eigenvalue weighted by Crippen LogP contribution is 2.16. The van der Waals surface area contributed by atoms with Gasteiger partial charge in [0.2, 0.25) is 0 Å². The van der Waals surface area contributed by atoms with E-state index in [1.165, 1.54) is 5.56 Å². The van der Waals surface area contributed by atoms with Gasteiger partial charge in [0, 0.05) is 24.3 Å². The van der Waals surface area contributed by atoms with Gasteiger partial charge in [0.1, 0.15) is 0 Å². The van der Waals surface area contributed by atoms with Crippen LogP contribution in [0.15, 0.2) is 41.5 Å². The number of hydrogen-bond acceptors (Lipinski definition) is 3. The van der Waals surface area contributed by atoms with E-state index in [4.69, 9.17) is 11.6 Å². The maximum atomic E-state index is 5.86. The number of thioether (sulfide) groups is 1. The molecule has 1 heterocycles. The van der Waals surface area contributed by atoms with Crippen LogP contribution in [0.4, 0.5) is 0 Å². The zero-order valence-electron chi connectivity index (χ0n) is 9.06. The second-order valence-corrected chi connectivity index (χ2v) is 4.72. The minimum atomic E-state index is 0.779. The Kier molecular flexibility index (Phi) is 3.91. The molecule has 1 aliphatic heterocycles. The second-order valence-electron chi connectivity index (χ2n) is 3.51. The van der Waals surface area contributed by atoms with Crippen molar-refractivity contribution in [3.05, 3.63) is 47.1 Å². The third kappa shape index (κ3) is 2.80. The number of nitrogens with zero attached hydrogens (tertiary/aromatic N) is 2. The Morgan fingerprint density at radius 2 is 2.12 bits per heavy atom. The number of halogens is 1. The molecule has 0 aromatic heterocycles. The van der Waals surface area contributed by atoms with Gasteiger partial charge in [0.05, 0.1) is 0 Å². The molecule has 0 spiro atoms. The average molecular weight is 253 g/mol. The van der Waals surface area contributed by atoms with Crippen molar-refractivity contribution >= 4 is 28.5 Å². The van der Waals surface area contributed by atoms with Crippen molar-refractivity contribution in [3.63, 3.8) is 0 Å². The third-order valence-corrected chi connectivity index (χ3v) is 3.34. The summed E-state index contributed by atoms with van der Waals surface area (Å²) in [6, 6.07) is 7.95. The molecule has 0 aliphatic carbocycles. The van der Waals surface area contributed by atoms with E-state index in [1.54, 1.807) is 11.8 Å². The van der Waals surface area contributed by atoms with E-state index in [0.717, 1.165) is 23.3 Å². The van der Waals surface area contributed by atoms with E-state index in [9.17, 15) is 0 Å². The van der Waals surface area contributed by atoms with Crippen LogP contribution in [0.25, 0.3) is 0 Å². The highest BCUT2D eigenvalue weighted by Gasteiger charge is 2.11. The lowest BCUT2D eigenvalue weighted by Crippen LogP contribution is -2.29. The standard InChI is InChI=1S/C12H13ClN2S/c1-16-12-14-7-2-8-15(12)9-10-3-5-11(13)6-4-10/h2-7H,8-9H2,1H3. The first kappa shape index (κ1) is 11.6. The summed E-state index contributed by atoms with van der Waals surface area (Å²) in [5, 5.41) is 1.85. The van der Waals surface area contributed by atoms with Crippen molar-refractivity contribution in [1.82, 2.24) is 4.90 Å². The van der Waals surface area contributed by atoms with Crippen molar-refractivity contribution in [1.29, 1.82) is 0 Å². The van der Waals surface area contributed by atoms with Crippen LogP contribution in [0.2, 0.25) is 5.02 Å². The van der Waals surface area contributed by atoms with Crippen molar-refractivity contribution < 1.29 is 0 Å². The van der Waals surface area contributed by atoms with Crippen LogP contribution >= 0.6 is 23.4 Å². The molecule has 2 rings (SSSR count). The smallest absolute Gasteiger partial charge is 0.164 e. The Hall–Kier alpha value is -0.930. The number of hydrogen-bond donors (Lipinski definition) is 0. The minimum Gasteiger partial charge on any atom is -0.343 e. The Morgan fingerprint density at radius 3 is 2.81 bits per heavy atom. The molecule has 0 N–H and O–H groups in total. The van der Waals surface area contributed by atoms with Gasteiger partial charge in [-0.05, 0) is 30.0 Å². The molecular weight excluding hydrogens is 240 g/mol. The normalized spacial score (nSPS) is 15.1. The molecule has 1 aromatic carbocycles. The molecule has 1 aliphatic rings. The second kappa shape index (κ2) is 5.41. The van der Waals surface area contributed by atoms with Crippen LogP contribution in [0.5, 0.6) is 0 Å². The minimum absolute atomic E-state index is 0.779. The molecule has 0 fully saturated rings. The van der Waals surface area contributed by atoms with Crippen LogP contribution in [-0.2, 0) is 6.54 Å². The van der Waals surface area contributed by atoms with Gasteiger partial charge >= 0.3 is 0 Å². The van der Waals surface area contributed by atoms with E-state index < -0.39 is 0 Å². The third-order valence-electron chi connectivity index (χ3n) is 2.36. The first-order valence-corrected chi connectivity index (χ1v) is 6.66. The molecule has 0 bridgehead atoms. The molecule has 0 amide bonds. The van der Waals surface area contributed by atoms with Crippen molar-refractivity contribution in [2.24, 2.45) is 4.99 Å². The highest BCUT2D eigenvalue weighted by molar-refractivity contribution is 8.13.